The zero-order chi connectivity index (χ0) is 15.1. The molecule has 0 spiro atoms. The summed E-state index contributed by atoms with van der Waals surface area (Å²) in [7, 11) is 0. The van der Waals surface area contributed by atoms with Crippen LogP contribution in [0.25, 0.3) is 32.9 Å². The topological polar surface area (TPSA) is 50.4 Å². The van der Waals surface area contributed by atoms with Crippen molar-refractivity contribution in [3.05, 3.63) is 77.2 Å². The fourth-order valence-electron chi connectivity index (χ4n) is 2.76. The molecule has 0 saturated heterocycles. The molecule has 0 bridgehead atoms. The van der Waals surface area contributed by atoms with Crippen LogP contribution in [0.2, 0.25) is 0 Å². The summed E-state index contributed by atoms with van der Waals surface area (Å²) in [5.41, 5.74) is 1.76. The Hall–Kier alpha value is -3.07. The third kappa shape index (κ3) is 2.04. The van der Waals surface area contributed by atoms with Gasteiger partial charge in [-0.1, -0.05) is 36.4 Å². The monoisotopic (exact) mass is 288 g/mol. The molecule has 106 valence electrons. The van der Waals surface area contributed by atoms with E-state index in [9.17, 15) is 9.90 Å². The molecule has 4 rings (SSSR count). The number of hydrogen-bond donors (Lipinski definition) is 1. The minimum Gasteiger partial charge on any atom is -0.508 e. The summed E-state index contributed by atoms with van der Waals surface area (Å²) in [6.45, 7) is 0. The van der Waals surface area contributed by atoms with Crippen molar-refractivity contribution in [3.63, 3.8) is 0 Å². The summed E-state index contributed by atoms with van der Waals surface area (Å²) in [6.07, 6.45) is 0. The van der Waals surface area contributed by atoms with Crippen LogP contribution < -0.4 is 5.63 Å². The maximum atomic E-state index is 11.4. The highest BCUT2D eigenvalue weighted by atomic mass is 16.4. The smallest absolute Gasteiger partial charge is 0.336 e. The summed E-state index contributed by atoms with van der Waals surface area (Å²) in [5.74, 6) is 0.0741. The fourth-order valence-corrected chi connectivity index (χ4v) is 2.76. The van der Waals surface area contributed by atoms with Crippen LogP contribution in [0.5, 0.6) is 5.75 Å². The summed E-state index contributed by atoms with van der Waals surface area (Å²) in [5, 5.41) is 13.0. The first-order valence-electron chi connectivity index (χ1n) is 6.97. The second kappa shape index (κ2) is 4.74. The lowest BCUT2D eigenvalue weighted by molar-refractivity contribution is 0.473. The molecule has 1 N–H and O–H groups in total. The Morgan fingerprint density at radius 3 is 2.50 bits per heavy atom. The van der Waals surface area contributed by atoms with Crippen LogP contribution in [0.1, 0.15) is 0 Å². The van der Waals surface area contributed by atoms with Crippen molar-refractivity contribution >= 4 is 21.7 Å². The first-order valence-corrected chi connectivity index (χ1v) is 6.97. The Kier molecular flexibility index (Phi) is 2.73. The number of hydrogen-bond acceptors (Lipinski definition) is 3. The first-order chi connectivity index (χ1) is 10.7. The molecule has 3 aromatic carbocycles. The van der Waals surface area contributed by atoms with E-state index in [1.165, 1.54) is 12.1 Å². The van der Waals surface area contributed by atoms with E-state index in [0.717, 1.165) is 27.3 Å². The lowest BCUT2D eigenvalue weighted by Crippen LogP contribution is -1.95. The van der Waals surface area contributed by atoms with E-state index in [1.807, 2.05) is 30.3 Å². The molecule has 22 heavy (non-hydrogen) atoms. The minimum atomic E-state index is -0.428. The zero-order valence-electron chi connectivity index (χ0n) is 11.6. The number of phenolic OH excluding ortho intramolecular Hbond substituents is 1. The van der Waals surface area contributed by atoms with Crippen LogP contribution in [0.15, 0.2) is 75.9 Å². The Balaban J connectivity index is 2.04. The van der Waals surface area contributed by atoms with E-state index in [1.54, 1.807) is 12.1 Å². The highest BCUT2D eigenvalue weighted by Crippen LogP contribution is 2.33. The third-order valence-corrected chi connectivity index (χ3v) is 3.78. The van der Waals surface area contributed by atoms with Gasteiger partial charge in [0.05, 0.1) is 0 Å². The minimum absolute atomic E-state index is 0.0741. The average molecular weight is 288 g/mol. The highest BCUT2D eigenvalue weighted by molar-refractivity contribution is 5.97. The highest BCUT2D eigenvalue weighted by Gasteiger charge is 2.09. The SMILES string of the molecule is O=c1ccc2c(-c3ccc4ccccc4c3)cc(O)cc2o1. The van der Waals surface area contributed by atoms with Crippen molar-refractivity contribution in [1.29, 1.82) is 0 Å². The van der Waals surface area contributed by atoms with Crippen LogP contribution in [-0.4, -0.2) is 5.11 Å². The van der Waals surface area contributed by atoms with E-state index in [2.05, 4.69) is 12.1 Å². The van der Waals surface area contributed by atoms with Gasteiger partial charge in [-0.25, -0.2) is 4.79 Å². The average Bonchev–Trinajstić information content (AvgIpc) is 2.53. The van der Waals surface area contributed by atoms with Gasteiger partial charge in [-0.2, -0.15) is 0 Å². The van der Waals surface area contributed by atoms with E-state index in [4.69, 9.17) is 4.42 Å². The van der Waals surface area contributed by atoms with Crippen molar-refractivity contribution in [2.24, 2.45) is 0 Å². The predicted molar refractivity (Wildman–Crippen MR) is 87.1 cm³/mol. The molecule has 0 aliphatic carbocycles. The van der Waals surface area contributed by atoms with Crippen molar-refractivity contribution in [3.8, 4) is 16.9 Å². The zero-order valence-corrected chi connectivity index (χ0v) is 11.6. The molecular formula is C19H12O3. The number of benzene rings is 3. The lowest BCUT2D eigenvalue weighted by Gasteiger charge is -2.08. The van der Waals surface area contributed by atoms with Gasteiger partial charge in [-0.3, -0.25) is 0 Å². The molecule has 0 atom stereocenters. The quantitative estimate of drug-likeness (QED) is 0.531. The number of phenols is 1. The number of rotatable bonds is 1. The standard InChI is InChI=1S/C19H12O3/c20-15-10-17(16-7-8-19(21)22-18(16)11-15)14-6-5-12-3-1-2-4-13(12)9-14/h1-11,20H. The number of aromatic hydroxyl groups is 1. The maximum Gasteiger partial charge on any atom is 0.336 e. The Bertz CT molecular complexity index is 1060. The molecule has 3 nitrogen and oxygen atoms in total. The van der Waals surface area contributed by atoms with Crippen molar-refractivity contribution in [1.82, 2.24) is 0 Å². The van der Waals surface area contributed by atoms with E-state index in [0.29, 0.717) is 5.58 Å². The first kappa shape index (κ1) is 12.7. The molecule has 0 aliphatic rings. The van der Waals surface area contributed by atoms with E-state index < -0.39 is 5.63 Å². The van der Waals surface area contributed by atoms with Crippen LogP contribution in [-0.2, 0) is 0 Å². The van der Waals surface area contributed by atoms with Gasteiger partial charge in [-0.15, -0.1) is 0 Å². The van der Waals surface area contributed by atoms with Crippen LogP contribution in [0.3, 0.4) is 0 Å². The van der Waals surface area contributed by atoms with Gasteiger partial charge in [0, 0.05) is 17.5 Å². The fraction of sp³-hybridized carbons (Fsp3) is 0. The largest absolute Gasteiger partial charge is 0.508 e. The van der Waals surface area contributed by atoms with Crippen LogP contribution in [0.4, 0.5) is 0 Å². The van der Waals surface area contributed by atoms with Crippen LogP contribution in [0, 0.1) is 0 Å². The summed E-state index contributed by atoms with van der Waals surface area (Å²) < 4.78 is 5.18. The summed E-state index contributed by atoms with van der Waals surface area (Å²) >= 11 is 0. The molecule has 4 aromatic rings. The molecule has 1 heterocycles. The molecule has 0 aliphatic heterocycles. The van der Waals surface area contributed by atoms with Gasteiger partial charge < -0.3 is 9.52 Å². The second-order valence-corrected chi connectivity index (χ2v) is 5.22. The summed E-state index contributed by atoms with van der Waals surface area (Å²) in [4.78, 5) is 11.4. The van der Waals surface area contributed by atoms with Crippen LogP contribution >= 0.6 is 0 Å². The van der Waals surface area contributed by atoms with Gasteiger partial charge in [-0.05, 0) is 40.1 Å². The Labute approximate surface area is 126 Å². The molecule has 0 radical (unpaired) electrons. The predicted octanol–water partition coefficient (Wildman–Crippen LogP) is 4.32. The molecule has 0 saturated carbocycles. The summed E-state index contributed by atoms with van der Waals surface area (Å²) in [6, 6.07) is 20.5. The molecule has 0 amide bonds. The second-order valence-electron chi connectivity index (χ2n) is 5.22. The van der Waals surface area contributed by atoms with Gasteiger partial charge in [0.25, 0.3) is 0 Å². The Morgan fingerprint density at radius 2 is 1.64 bits per heavy atom. The number of fused-ring (bicyclic) bond motifs is 2. The lowest BCUT2D eigenvalue weighted by atomic mass is 9.98. The molecule has 0 unspecified atom stereocenters. The molecular weight excluding hydrogens is 276 g/mol. The van der Waals surface area contributed by atoms with E-state index >= 15 is 0 Å². The third-order valence-electron chi connectivity index (χ3n) is 3.78. The molecule has 3 heteroatoms. The normalized spacial score (nSPS) is 11.1. The van der Waals surface area contributed by atoms with Crippen molar-refractivity contribution < 1.29 is 9.52 Å². The van der Waals surface area contributed by atoms with Gasteiger partial charge >= 0.3 is 5.63 Å². The molecule has 0 fully saturated rings. The van der Waals surface area contributed by atoms with Crippen molar-refractivity contribution in [2.45, 2.75) is 0 Å². The van der Waals surface area contributed by atoms with Gasteiger partial charge in [0.1, 0.15) is 11.3 Å². The van der Waals surface area contributed by atoms with Gasteiger partial charge in [0.15, 0.2) is 0 Å². The maximum absolute atomic E-state index is 11.4. The molecule has 1 aromatic heterocycles. The van der Waals surface area contributed by atoms with E-state index in [-0.39, 0.29) is 5.75 Å². The van der Waals surface area contributed by atoms with Crippen molar-refractivity contribution in [2.75, 3.05) is 0 Å². The Morgan fingerprint density at radius 1 is 0.818 bits per heavy atom. The van der Waals surface area contributed by atoms with Gasteiger partial charge in [0.2, 0.25) is 0 Å².